The Morgan fingerprint density at radius 3 is 2.58 bits per heavy atom. The molecule has 1 spiro atoms. The molecule has 1 saturated carbocycles. The lowest BCUT2D eigenvalue weighted by atomic mass is 9.81. The Morgan fingerprint density at radius 1 is 1.21 bits per heavy atom. The van der Waals surface area contributed by atoms with Crippen molar-refractivity contribution in [1.82, 2.24) is 20.0 Å². The van der Waals surface area contributed by atoms with Crippen LogP contribution in [0.2, 0.25) is 0 Å². The van der Waals surface area contributed by atoms with Gasteiger partial charge in [0.25, 0.3) is 5.91 Å². The van der Waals surface area contributed by atoms with Crippen LogP contribution in [0.3, 0.4) is 0 Å². The van der Waals surface area contributed by atoms with Crippen molar-refractivity contribution >= 4 is 17.8 Å². The first-order valence-electron chi connectivity index (χ1n) is 9.05. The van der Waals surface area contributed by atoms with E-state index in [-0.39, 0.29) is 30.4 Å². The second-order valence-electron chi connectivity index (χ2n) is 7.27. The summed E-state index contributed by atoms with van der Waals surface area (Å²) in [6, 6.07) is -0.156. The van der Waals surface area contributed by atoms with Crippen LogP contribution in [0.15, 0.2) is 0 Å². The Kier molecular flexibility index (Phi) is 4.80. The molecule has 1 N–H and O–H groups in total. The van der Waals surface area contributed by atoms with Crippen LogP contribution in [0.25, 0.3) is 0 Å². The molecule has 0 bridgehead atoms. The molecule has 0 aromatic rings. The van der Waals surface area contributed by atoms with E-state index in [1.54, 1.807) is 11.9 Å². The lowest BCUT2D eigenvalue weighted by Gasteiger charge is -2.35. The number of hydrogen-bond donors (Lipinski definition) is 1. The fourth-order valence-corrected chi connectivity index (χ4v) is 4.51. The van der Waals surface area contributed by atoms with E-state index in [9.17, 15) is 14.4 Å². The predicted octanol–water partition coefficient (Wildman–Crippen LogP) is 0.794. The average Bonchev–Trinajstić information content (AvgIpc) is 3.11. The summed E-state index contributed by atoms with van der Waals surface area (Å²) >= 11 is 0. The number of amides is 4. The van der Waals surface area contributed by atoms with Crippen LogP contribution in [-0.2, 0) is 9.59 Å². The second kappa shape index (κ2) is 6.70. The van der Waals surface area contributed by atoms with Gasteiger partial charge in [-0.25, -0.2) is 4.79 Å². The van der Waals surface area contributed by atoms with E-state index in [2.05, 4.69) is 5.32 Å². The molecular formula is C17H28N4O3. The molecule has 24 heavy (non-hydrogen) atoms. The molecular weight excluding hydrogens is 308 g/mol. The Balaban J connectivity index is 1.71. The third kappa shape index (κ3) is 2.68. The number of nitrogens with zero attached hydrogens (tertiary/aromatic N) is 3. The summed E-state index contributed by atoms with van der Waals surface area (Å²) in [7, 11) is 3.58. The molecule has 3 aliphatic rings. The molecule has 4 amide bonds. The Hall–Kier alpha value is -1.63. The summed E-state index contributed by atoms with van der Waals surface area (Å²) in [5.74, 6) is -0.289. The molecule has 3 rings (SSSR count). The van der Waals surface area contributed by atoms with Gasteiger partial charge in [-0.1, -0.05) is 19.3 Å². The van der Waals surface area contributed by atoms with Crippen LogP contribution < -0.4 is 5.32 Å². The van der Waals surface area contributed by atoms with Gasteiger partial charge in [0, 0.05) is 26.2 Å². The molecule has 7 nitrogen and oxygen atoms in total. The van der Waals surface area contributed by atoms with Crippen molar-refractivity contribution in [2.24, 2.45) is 0 Å². The van der Waals surface area contributed by atoms with Gasteiger partial charge in [0.05, 0.1) is 0 Å². The highest BCUT2D eigenvalue weighted by molar-refractivity contribution is 6.09. The van der Waals surface area contributed by atoms with Crippen molar-refractivity contribution < 1.29 is 14.4 Å². The number of hydrogen-bond acceptors (Lipinski definition) is 4. The Labute approximate surface area is 143 Å². The molecule has 1 aliphatic carbocycles. The minimum absolute atomic E-state index is 0.115. The summed E-state index contributed by atoms with van der Waals surface area (Å²) in [4.78, 5) is 42.8. The van der Waals surface area contributed by atoms with Gasteiger partial charge < -0.3 is 15.1 Å². The molecule has 1 unspecified atom stereocenters. The van der Waals surface area contributed by atoms with E-state index in [0.29, 0.717) is 19.4 Å². The number of nitrogens with one attached hydrogen (secondary N) is 1. The normalized spacial score (nSPS) is 26.8. The fourth-order valence-electron chi connectivity index (χ4n) is 4.51. The molecule has 0 radical (unpaired) electrons. The topological polar surface area (TPSA) is 73.0 Å². The van der Waals surface area contributed by atoms with Crippen LogP contribution in [0, 0.1) is 0 Å². The fraction of sp³-hybridized carbons (Fsp3) is 0.824. The van der Waals surface area contributed by atoms with Crippen LogP contribution in [0.5, 0.6) is 0 Å². The predicted molar refractivity (Wildman–Crippen MR) is 89.3 cm³/mol. The number of urea groups is 1. The smallest absolute Gasteiger partial charge is 0.327 e. The average molecular weight is 336 g/mol. The molecule has 2 aliphatic heterocycles. The zero-order valence-electron chi connectivity index (χ0n) is 14.7. The van der Waals surface area contributed by atoms with Crippen LogP contribution in [0.4, 0.5) is 4.79 Å². The molecule has 134 valence electrons. The van der Waals surface area contributed by atoms with Crippen LogP contribution >= 0.6 is 0 Å². The molecule has 2 heterocycles. The summed E-state index contributed by atoms with van der Waals surface area (Å²) in [5.41, 5.74) is -0.703. The van der Waals surface area contributed by atoms with Crippen molar-refractivity contribution in [2.45, 2.75) is 56.5 Å². The zero-order valence-corrected chi connectivity index (χ0v) is 14.7. The molecule has 1 atom stereocenters. The van der Waals surface area contributed by atoms with Gasteiger partial charge in [-0.3, -0.25) is 14.5 Å². The summed E-state index contributed by atoms with van der Waals surface area (Å²) in [5, 5.41) is 3.11. The van der Waals surface area contributed by atoms with E-state index in [1.807, 2.05) is 11.9 Å². The molecule has 3 fully saturated rings. The van der Waals surface area contributed by atoms with Gasteiger partial charge >= 0.3 is 6.03 Å². The first kappa shape index (κ1) is 17.2. The summed E-state index contributed by atoms with van der Waals surface area (Å²) < 4.78 is 0. The largest absolute Gasteiger partial charge is 0.337 e. The van der Waals surface area contributed by atoms with E-state index < -0.39 is 5.54 Å². The summed E-state index contributed by atoms with van der Waals surface area (Å²) in [6.07, 6.45) is 6.40. The lowest BCUT2D eigenvalue weighted by Crippen LogP contribution is -2.50. The second-order valence-corrected chi connectivity index (χ2v) is 7.27. The van der Waals surface area contributed by atoms with E-state index >= 15 is 0 Å². The molecule has 7 heteroatoms. The minimum Gasteiger partial charge on any atom is -0.337 e. The quantitative estimate of drug-likeness (QED) is 0.771. The van der Waals surface area contributed by atoms with Gasteiger partial charge in [-0.2, -0.15) is 0 Å². The maximum Gasteiger partial charge on any atom is 0.327 e. The van der Waals surface area contributed by atoms with E-state index in [1.165, 1.54) is 4.90 Å². The third-order valence-corrected chi connectivity index (χ3v) is 5.91. The Bertz CT molecular complexity index is 530. The van der Waals surface area contributed by atoms with Crippen molar-refractivity contribution in [1.29, 1.82) is 0 Å². The maximum absolute atomic E-state index is 12.9. The number of imide groups is 1. The number of rotatable bonds is 4. The number of carbonyl (C=O) groups excluding carboxylic acids is 3. The summed E-state index contributed by atoms with van der Waals surface area (Å²) in [6.45, 7) is 1.34. The monoisotopic (exact) mass is 336 g/mol. The Morgan fingerprint density at radius 2 is 1.92 bits per heavy atom. The number of likely N-dealkylation sites (tertiary alicyclic amines) is 1. The van der Waals surface area contributed by atoms with Crippen molar-refractivity contribution in [3.05, 3.63) is 0 Å². The first-order chi connectivity index (χ1) is 11.5. The molecule has 0 aromatic carbocycles. The standard InChI is InChI=1S/C17H28N4O3/c1-18-11-13-7-6-10-20(13)14(22)12-21-15(23)17(19(2)16(21)24)8-4-3-5-9-17/h13,18H,3-12H2,1-2H3. The molecule has 2 saturated heterocycles. The number of likely N-dealkylation sites (N-methyl/N-ethyl adjacent to an activating group) is 2. The van der Waals surface area contributed by atoms with Crippen molar-refractivity contribution in [3.63, 3.8) is 0 Å². The van der Waals surface area contributed by atoms with Gasteiger partial charge in [0.2, 0.25) is 5.91 Å². The highest BCUT2D eigenvalue weighted by atomic mass is 16.2. The van der Waals surface area contributed by atoms with Gasteiger partial charge in [-0.05, 0) is 32.7 Å². The minimum atomic E-state index is -0.703. The van der Waals surface area contributed by atoms with Crippen LogP contribution in [-0.4, -0.2) is 77.9 Å². The van der Waals surface area contributed by atoms with E-state index in [4.69, 9.17) is 0 Å². The first-order valence-corrected chi connectivity index (χ1v) is 9.05. The molecule has 0 aromatic heterocycles. The SMILES string of the molecule is CNCC1CCCN1C(=O)CN1C(=O)N(C)C2(CCCCC2)C1=O. The third-order valence-electron chi connectivity index (χ3n) is 5.91. The van der Waals surface area contributed by atoms with Crippen molar-refractivity contribution in [3.8, 4) is 0 Å². The highest BCUT2D eigenvalue weighted by Crippen LogP contribution is 2.39. The van der Waals surface area contributed by atoms with Gasteiger partial charge in [0.15, 0.2) is 0 Å². The van der Waals surface area contributed by atoms with Gasteiger partial charge in [0.1, 0.15) is 12.1 Å². The zero-order chi connectivity index (χ0) is 17.3. The number of carbonyl (C=O) groups is 3. The van der Waals surface area contributed by atoms with Gasteiger partial charge in [-0.15, -0.1) is 0 Å². The highest BCUT2D eigenvalue weighted by Gasteiger charge is 2.56. The van der Waals surface area contributed by atoms with E-state index in [0.717, 1.165) is 38.6 Å². The van der Waals surface area contributed by atoms with Crippen molar-refractivity contribution in [2.75, 3.05) is 33.7 Å². The lowest BCUT2D eigenvalue weighted by molar-refractivity contribution is -0.140. The maximum atomic E-state index is 12.9. The van der Waals surface area contributed by atoms with Crippen LogP contribution in [0.1, 0.15) is 44.9 Å².